The van der Waals surface area contributed by atoms with Crippen LogP contribution in [-0.4, -0.2) is 17.5 Å². The number of nitrogens with zero attached hydrogens (tertiary/aromatic N) is 1. The van der Waals surface area contributed by atoms with Crippen molar-refractivity contribution >= 4 is 17.5 Å². The van der Waals surface area contributed by atoms with Crippen LogP contribution in [0.1, 0.15) is 29.3 Å². The van der Waals surface area contributed by atoms with Gasteiger partial charge in [-0.05, 0) is 0 Å². The van der Waals surface area contributed by atoms with Gasteiger partial charge in [0.05, 0.1) is 12.1 Å². The molecular formula is C11H9NO3. The van der Waals surface area contributed by atoms with Gasteiger partial charge in [0.2, 0.25) is 0 Å². The second-order valence-electron chi connectivity index (χ2n) is 3.27. The number of benzene rings is 1. The molecule has 1 aromatic carbocycles. The molecule has 1 aromatic rings. The minimum atomic E-state index is -0.487. The van der Waals surface area contributed by atoms with E-state index in [1.807, 2.05) is 6.07 Å². The normalized spacial score (nSPS) is 16.6. The molecule has 2 rings (SSSR count). The van der Waals surface area contributed by atoms with Gasteiger partial charge in [0, 0.05) is 18.1 Å². The molecule has 76 valence electrons. The van der Waals surface area contributed by atoms with Crippen molar-refractivity contribution in [2.75, 3.05) is 0 Å². The van der Waals surface area contributed by atoms with E-state index in [2.05, 4.69) is 9.99 Å². The molecule has 0 aliphatic heterocycles. The maximum atomic E-state index is 11.5. The summed E-state index contributed by atoms with van der Waals surface area (Å²) in [5.41, 5.74) is 1.91. The van der Waals surface area contributed by atoms with Gasteiger partial charge in [-0.1, -0.05) is 29.4 Å². The molecule has 4 nitrogen and oxygen atoms in total. The predicted octanol–water partition coefficient (Wildman–Crippen LogP) is 1.54. The van der Waals surface area contributed by atoms with Gasteiger partial charge in [0.25, 0.3) is 0 Å². The summed E-state index contributed by atoms with van der Waals surface area (Å²) in [6.45, 7) is 1.27. The number of hydrogen-bond donors (Lipinski definition) is 0. The second kappa shape index (κ2) is 3.65. The van der Waals surface area contributed by atoms with E-state index in [0.717, 1.165) is 5.56 Å². The van der Waals surface area contributed by atoms with Crippen LogP contribution >= 0.6 is 0 Å². The van der Waals surface area contributed by atoms with Crippen LogP contribution < -0.4 is 0 Å². The van der Waals surface area contributed by atoms with E-state index < -0.39 is 5.97 Å². The Morgan fingerprint density at radius 2 is 2.00 bits per heavy atom. The van der Waals surface area contributed by atoms with Crippen LogP contribution in [0.2, 0.25) is 0 Å². The molecule has 0 unspecified atom stereocenters. The zero-order chi connectivity index (χ0) is 10.8. The number of ketones is 1. The van der Waals surface area contributed by atoms with Gasteiger partial charge in [-0.3, -0.25) is 4.79 Å². The van der Waals surface area contributed by atoms with Crippen LogP contribution in [0.15, 0.2) is 29.4 Å². The summed E-state index contributed by atoms with van der Waals surface area (Å²) in [6, 6.07) is 7.16. The summed E-state index contributed by atoms with van der Waals surface area (Å²) in [4.78, 5) is 26.6. The number of hydrogen-bond acceptors (Lipinski definition) is 4. The van der Waals surface area contributed by atoms with Crippen molar-refractivity contribution in [3.63, 3.8) is 0 Å². The highest BCUT2D eigenvalue weighted by Gasteiger charge is 2.25. The second-order valence-corrected chi connectivity index (χ2v) is 3.27. The monoisotopic (exact) mass is 203 g/mol. The Morgan fingerprint density at radius 1 is 1.33 bits per heavy atom. The van der Waals surface area contributed by atoms with E-state index >= 15 is 0 Å². The largest absolute Gasteiger partial charge is 0.331 e. The average Bonchev–Trinajstić information content (AvgIpc) is 2.54. The molecule has 0 bridgehead atoms. The molecule has 0 atom stereocenters. The smallest absolute Gasteiger partial charge is 0.318 e. The Balaban J connectivity index is 2.36. The molecule has 1 aliphatic rings. The van der Waals surface area contributed by atoms with E-state index in [-0.39, 0.29) is 12.2 Å². The Hall–Kier alpha value is -1.97. The van der Waals surface area contributed by atoms with Crippen molar-refractivity contribution in [3.8, 4) is 0 Å². The molecule has 0 radical (unpaired) electrons. The lowest BCUT2D eigenvalue weighted by molar-refractivity contribution is -0.140. The Kier molecular flexibility index (Phi) is 2.33. The molecule has 1 aliphatic carbocycles. The highest BCUT2D eigenvalue weighted by molar-refractivity contribution is 6.26. The molecule has 0 N–H and O–H groups in total. The molecule has 15 heavy (non-hydrogen) atoms. The van der Waals surface area contributed by atoms with Gasteiger partial charge < -0.3 is 4.84 Å². The maximum Gasteiger partial charge on any atom is 0.331 e. The fourth-order valence-electron chi connectivity index (χ4n) is 1.52. The van der Waals surface area contributed by atoms with E-state index in [1.54, 1.807) is 18.2 Å². The van der Waals surface area contributed by atoms with Gasteiger partial charge in [-0.2, -0.15) is 0 Å². The van der Waals surface area contributed by atoms with Gasteiger partial charge in [-0.25, -0.2) is 4.79 Å². The van der Waals surface area contributed by atoms with Crippen molar-refractivity contribution < 1.29 is 14.4 Å². The quantitative estimate of drug-likeness (QED) is 0.514. The number of oxime groups is 1. The lowest BCUT2D eigenvalue weighted by Gasteiger charge is -1.96. The number of carbonyl (C=O) groups excluding carboxylic acids is 2. The van der Waals surface area contributed by atoms with Crippen molar-refractivity contribution in [3.05, 3.63) is 35.4 Å². The predicted molar refractivity (Wildman–Crippen MR) is 53.7 cm³/mol. The van der Waals surface area contributed by atoms with Gasteiger partial charge in [0.1, 0.15) is 0 Å². The zero-order valence-corrected chi connectivity index (χ0v) is 8.19. The van der Waals surface area contributed by atoms with E-state index in [9.17, 15) is 9.59 Å². The summed E-state index contributed by atoms with van der Waals surface area (Å²) in [5.74, 6) is -0.476. The molecule has 0 spiro atoms. The third kappa shape index (κ3) is 1.79. The van der Waals surface area contributed by atoms with E-state index in [4.69, 9.17) is 0 Å². The van der Waals surface area contributed by atoms with Crippen LogP contribution in [0.5, 0.6) is 0 Å². The number of rotatable bonds is 1. The molecule has 0 aromatic heterocycles. The Labute approximate surface area is 86.5 Å². The van der Waals surface area contributed by atoms with Gasteiger partial charge >= 0.3 is 5.97 Å². The zero-order valence-electron chi connectivity index (χ0n) is 8.19. The topological polar surface area (TPSA) is 55.7 Å². The van der Waals surface area contributed by atoms with Gasteiger partial charge in [0.15, 0.2) is 5.78 Å². The Morgan fingerprint density at radius 3 is 2.67 bits per heavy atom. The third-order valence-electron chi connectivity index (χ3n) is 2.15. The van der Waals surface area contributed by atoms with E-state index in [0.29, 0.717) is 11.3 Å². The summed E-state index contributed by atoms with van der Waals surface area (Å²) >= 11 is 0. The SMILES string of the molecule is CC(=O)O/N=C1/CC(=O)c2ccccc21. The van der Waals surface area contributed by atoms with Crippen molar-refractivity contribution in [1.82, 2.24) is 0 Å². The Bertz CT molecular complexity index is 463. The first kappa shape index (κ1) is 9.58. The molecule has 0 fully saturated rings. The highest BCUT2D eigenvalue weighted by Crippen LogP contribution is 2.22. The summed E-state index contributed by atoms with van der Waals surface area (Å²) in [7, 11) is 0. The molecule has 0 saturated carbocycles. The molecule has 0 heterocycles. The summed E-state index contributed by atoms with van der Waals surface area (Å²) in [6.07, 6.45) is 0.201. The first-order valence-electron chi connectivity index (χ1n) is 4.55. The molecule has 0 amide bonds. The number of Topliss-reactive ketones (excluding diaryl/α,β-unsaturated/α-hetero) is 1. The van der Waals surface area contributed by atoms with Crippen LogP contribution in [0, 0.1) is 0 Å². The first-order valence-corrected chi connectivity index (χ1v) is 4.55. The van der Waals surface area contributed by atoms with Crippen molar-refractivity contribution in [2.24, 2.45) is 5.16 Å². The van der Waals surface area contributed by atoms with Crippen LogP contribution in [0.25, 0.3) is 0 Å². The fraction of sp³-hybridized carbons (Fsp3) is 0.182. The number of carbonyl (C=O) groups is 2. The van der Waals surface area contributed by atoms with Crippen LogP contribution in [-0.2, 0) is 9.63 Å². The fourth-order valence-corrected chi connectivity index (χ4v) is 1.52. The minimum absolute atomic E-state index is 0.0107. The van der Waals surface area contributed by atoms with Crippen LogP contribution in [0.4, 0.5) is 0 Å². The molecular weight excluding hydrogens is 194 g/mol. The maximum absolute atomic E-state index is 11.5. The van der Waals surface area contributed by atoms with E-state index in [1.165, 1.54) is 6.92 Å². The molecule has 4 heteroatoms. The lowest BCUT2D eigenvalue weighted by atomic mass is 10.1. The summed E-state index contributed by atoms with van der Waals surface area (Å²) in [5, 5.41) is 3.66. The lowest BCUT2D eigenvalue weighted by Crippen LogP contribution is -1.99. The highest BCUT2D eigenvalue weighted by atomic mass is 16.7. The van der Waals surface area contributed by atoms with Crippen molar-refractivity contribution in [1.29, 1.82) is 0 Å². The van der Waals surface area contributed by atoms with Gasteiger partial charge in [-0.15, -0.1) is 0 Å². The standard InChI is InChI=1S/C11H9NO3/c1-7(13)15-12-10-6-11(14)9-5-3-2-4-8(9)10/h2-5H,6H2,1H3/b12-10-. The number of fused-ring (bicyclic) bond motifs is 1. The molecule has 0 saturated heterocycles. The minimum Gasteiger partial charge on any atom is -0.318 e. The first-order chi connectivity index (χ1) is 7.18. The third-order valence-corrected chi connectivity index (χ3v) is 2.15. The van der Waals surface area contributed by atoms with Crippen molar-refractivity contribution in [2.45, 2.75) is 13.3 Å². The average molecular weight is 203 g/mol. The summed E-state index contributed by atoms with van der Waals surface area (Å²) < 4.78 is 0. The van der Waals surface area contributed by atoms with Crippen LogP contribution in [0.3, 0.4) is 0 Å².